The minimum atomic E-state index is -2.00. The number of hydrogen-bond donors (Lipinski definition) is 0. The molecule has 0 spiro atoms. The maximum Gasteiger partial charge on any atom is 0.252 e. The Balaban J connectivity index is 1.06. The molecule has 2 aromatic heterocycles. The van der Waals surface area contributed by atoms with E-state index in [1.807, 2.05) is 22.7 Å². The zero-order chi connectivity index (χ0) is 49.5. The molecule has 0 saturated heterocycles. The second-order valence-electron chi connectivity index (χ2n) is 20.2. The first-order valence-corrected chi connectivity index (χ1v) is 29.0. The summed E-state index contributed by atoms with van der Waals surface area (Å²) in [5.41, 5.74) is 17.0. The third-order valence-electron chi connectivity index (χ3n) is 15.9. The lowest BCUT2D eigenvalue weighted by Gasteiger charge is -2.50. The first-order chi connectivity index (χ1) is 37.0. The Hall–Kier alpha value is -8.33. The Kier molecular flexibility index (Phi) is 9.39. The molecule has 0 unspecified atom stereocenters. The zero-order valence-corrected chi connectivity index (χ0v) is 43.7. The molecule has 0 aliphatic carbocycles. The van der Waals surface area contributed by atoms with Gasteiger partial charge in [-0.2, -0.15) is 0 Å². The van der Waals surface area contributed by atoms with Gasteiger partial charge in [0, 0.05) is 83.3 Å². The van der Waals surface area contributed by atoms with Crippen molar-refractivity contribution in [2.45, 2.75) is 33.4 Å². The van der Waals surface area contributed by atoms with Crippen LogP contribution in [0.1, 0.15) is 11.1 Å². The van der Waals surface area contributed by atoms with E-state index in [2.05, 4.69) is 271 Å². The lowest BCUT2D eigenvalue weighted by Crippen LogP contribution is -2.61. The van der Waals surface area contributed by atoms with E-state index in [4.69, 9.17) is 0 Å². The van der Waals surface area contributed by atoms with Gasteiger partial charge in [0.1, 0.15) is 0 Å². The van der Waals surface area contributed by atoms with E-state index in [-0.39, 0.29) is 6.71 Å². The largest absolute Gasteiger partial charge is 0.311 e. The van der Waals surface area contributed by atoms with Crippen molar-refractivity contribution in [1.29, 1.82) is 0 Å². The average molecular weight is 1010 g/mol. The molecule has 0 radical (unpaired) electrons. The van der Waals surface area contributed by atoms with Crippen molar-refractivity contribution in [3.63, 3.8) is 0 Å². The molecule has 0 atom stereocenters. The molecule has 0 saturated carbocycles. The van der Waals surface area contributed by atoms with Crippen LogP contribution in [0, 0.1) is 13.8 Å². The Labute approximate surface area is 446 Å². The van der Waals surface area contributed by atoms with Gasteiger partial charge >= 0.3 is 0 Å². The molecular weight excluding hydrogens is 966 g/mol. The predicted molar refractivity (Wildman–Crippen MR) is 324 cm³/mol. The first kappa shape index (κ1) is 43.1. The van der Waals surface area contributed by atoms with Crippen molar-refractivity contribution in [3.05, 3.63) is 254 Å². The van der Waals surface area contributed by atoms with E-state index in [1.165, 1.54) is 122 Å². The van der Waals surface area contributed by atoms with Crippen LogP contribution < -0.4 is 31.1 Å². The quantitative estimate of drug-likeness (QED) is 0.159. The molecule has 13 aromatic rings. The smallest absolute Gasteiger partial charge is 0.252 e. The molecule has 75 heavy (non-hydrogen) atoms. The maximum atomic E-state index is 2.61. The van der Waals surface area contributed by atoms with Gasteiger partial charge in [-0.3, -0.25) is 0 Å². The van der Waals surface area contributed by atoms with Gasteiger partial charge in [0.05, 0.1) is 17.1 Å². The molecule has 3 aliphatic heterocycles. The summed E-state index contributed by atoms with van der Waals surface area (Å²) in [7, 11) is -2.00. The highest BCUT2D eigenvalue weighted by Crippen LogP contribution is 2.80. The topological polar surface area (TPSA) is 9.72 Å². The van der Waals surface area contributed by atoms with Gasteiger partial charge in [-0.05, 0) is 161 Å². The van der Waals surface area contributed by atoms with E-state index in [1.54, 1.807) is 0 Å². The zero-order valence-electron chi connectivity index (χ0n) is 41.2. The summed E-state index contributed by atoms with van der Waals surface area (Å²) in [6.07, 6.45) is 0. The number of thiophene rings is 2. The third kappa shape index (κ3) is 6.17. The minimum Gasteiger partial charge on any atom is -0.311 e. The van der Waals surface area contributed by atoms with Crippen molar-refractivity contribution in [3.8, 4) is 0 Å². The van der Waals surface area contributed by atoms with Gasteiger partial charge in [0.2, 0.25) is 0 Å². The molecule has 5 heterocycles. The number of nitrogens with zero attached hydrogens (tertiary/aromatic N) is 3. The number of hydrogen-bond acceptors (Lipinski definition) is 5. The first-order valence-electron chi connectivity index (χ1n) is 25.7. The summed E-state index contributed by atoms with van der Waals surface area (Å²) in [6, 6.07) is 92.4. The van der Waals surface area contributed by atoms with E-state index < -0.39 is 10.0 Å². The molecule has 354 valence electrons. The van der Waals surface area contributed by atoms with Crippen molar-refractivity contribution in [2.24, 2.45) is 0 Å². The van der Waals surface area contributed by atoms with Gasteiger partial charge in [-0.25, -0.2) is 0 Å². The van der Waals surface area contributed by atoms with Crippen LogP contribution in [-0.4, -0.2) is 6.71 Å². The van der Waals surface area contributed by atoms with E-state index >= 15 is 0 Å². The summed E-state index contributed by atoms with van der Waals surface area (Å²) in [5, 5.41) is 5.25. The fraction of sp³-hybridized carbons (Fsp3) is 0.0294. The lowest BCUT2D eigenvalue weighted by atomic mass is 9.33. The van der Waals surface area contributed by atoms with Gasteiger partial charge in [-0.1, -0.05) is 133 Å². The molecular formula is C68H46BN3S3. The average Bonchev–Trinajstić information content (AvgIpc) is 4.13. The van der Waals surface area contributed by atoms with E-state index in [9.17, 15) is 0 Å². The molecule has 0 fully saturated rings. The highest BCUT2D eigenvalue weighted by atomic mass is 32.3. The molecule has 0 N–H and O–H groups in total. The molecule has 0 amide bonds. The van der Waals surface area contributed by atoms with Crippen molar-refractivity contribution in [2.75, 3.05) is 14.7 Å². The van der Waals surface area contributed by atoms with Gasteiger partial charge < -0.3 is 14.7 Å². The molecule has 16 rings (SSSR count). The Morgan fingerprint density at radius 1 is 0.320 bits per heavy atom. The third-order valence-corrected chi connectivity index (χ3v) is 22.1. The summed E-state index contributed by atoms with van der Waals surface area (Å²) in [6.45, 7) is 4.44. The summed E-state index contributed by atoms with van der Waals surface area (Å²) in [5.74, 6) is 0. The highest BCUT2D eigenvalue weighted by molar-refractivity contribution is 8.34. The second-order valence-corrected chi connectivity index (χ2v) is 25.4. The molecule has 3 nitrogen and oxygen atoms in total. The van der Waals surface area contributed by atoms with Crippen LogP contribution >= 0.6 is 32.7 Å². The molecule has 3 aliphatic rings. The SMILES string of the molecule is Cc1ccc2c(c1)S(c1ccccc1)(c1ccccc1)c1cc(C)ccc1N2c1cc2c3c(c1)N(c1ccccc1)c1cc4sc5ccccc5c4cc1B3c1cc3c(cc1N2c1ccccc1)sc1ccccc13. The molecule has 7 heteroatoms. The maximum absolute atomic E-state index is 2.61. The standard InChI is InChI=1S/C68H46BN3S3/c1-43-31-33-56-66(35-43)75(48-23-11-5-12-24-48,49-25-13-6-14-26-49)67-36-44(2)32-34-57(67)72(56)47-37-60-68-61(38-47)71(46-21-9-4-10-22-46)59-42-65-53(51-28-16-18-30-63(51)74-65)40-55(59)69(68)54-39-52-50-27-15-17-29-62(50)73-64(52)41-58(54)70(60)45-19-7-3-8-20-45/h3-42H,1-2H3. The summed E-state index contributed by atoms with van der Waals surface area (Å²) in [4.78, 5) is 13.1. The highest BCUT2D eigenvalue weighted by Gasteiger charge is 2.47. The van der Waals surface area contributed by atoms with Crippen LogP contribution in [0.4, 0.5) is 51.2 Å². The Morgan fingerprint density at radius 2 is 0.720 bits per heavy atom. The Bertz CT molecular complexity index is 4190. The van der Waals surface area contributed by atoms with E-state index in [0.717, 1.165) is 17.1 Å². The Morgan fingerprint density at radius 3 is 1.17 bits per heavy atom. The van der Waals surface area contributed by atoms with Crippen LogP contribution in [0.3, 0.4) is 0 Å². The number of fused-ring (bicyclic) bond motifs is 12. The monoisotopic (exact) mass is 1010 g/mol. The minimum absolute atomic E-state index is 0.0698. The van der Waals surface area contributed by atoms with Crippen molar-refractivity contribution >= 4 is 147 Å². The number of anilines is 9. The van der Waals surface area contributed by atoms with Crippen LogP contribution in [0.5, 0.6) is 0 Å². The fourth-order valence-electron chi connectivity index (χ4n) is 12.8. The van der Waals surface area contributed by atoms with Crippen LogP contribution in [0.15, 0.2) is 262 Å². The van der Waals surface area contributed by atoms with Crippen LogP contribution in [-0.2, 0) is 0 Å². The second kappa shape index (κ2) is 16.3. The van der Waals surface area contributed by atoms with Gasteiger partial charge in [0.15, 0.2) is 0 Å². The number of rotatable bonds is 5. The number of para-hydroxylation sites is 2. The fourth-order valence-corrected chi connectivity index (χ4v) is 19.3. The normalized spacial score (nSPS) is 14.4. The number of aryl methyl sites for hydroxylation is 2. The van der Waals surface area contributed by atoms with Crippen LogP contribution in [0.2, 0.25) is 0 Å². The van der Waals surface area contributed by atoms with Crippen molar-refractivity contribution < 1.29 is 0 Å². The summed E-state index contributed by atoms with van der Waals surface area (Å²) >= 11 is 3.79. The summed E-state index contributed by atoms with van der Waals surface area (Å²) < 4.78 is 5.21. The van der Waals surface area contributed by atoms with Crippen molar-refractivity contribution in [1.82, 2.24) is 0 Å². The van der Waals surface area contributed by atoms with Gasteiger partial charge in [0.25, 0.3) is 6.71 Å². The molecule has 0 bridgehead atoms. The van der Waals surface area contributed by atoms with Crippen LogP contribution in [0.25, 0.3) is 40.3 Å². The predicted octanol–water partition coefficient (Wildman–Crippen LogP) is 18.2. The molecule has 11 aromatic carbocycles. The number of benzene rings is 11. The lowest BCUT2D eigenvalue weighted by molar-refractivity contribution is 1.10. The van der Waals surface area contributed by atoms with Gasteiger partial charge in [-0.15, -0.1) is 32.7 Å². The van der Waals surface area contributed by atoms with E-state index in [0.29, 0.717) is 0 Å².